The second-order valence-corrected chi connectivity index (χ2v) is 9.38. The van der Waals surface area contributed by atoms with Crippen molar-refractivity contribution in [2.24, 2.45) is 5.41 Å². The van der Waals surface area contributed by atoms with E-state index in [9.17, 15) is 27.5 Å². The number of hydrogen-bond donors (Lipinski definition) is 1. The fourth-order valence-corrected chi connectivity index (χ4v) is 4.86. The second kappa shape index (κ2) is 11.5. The van der Waals surface area contributed by atoms with Gasteiger partial charge in [0.25, 0.3) is 0 Å². The number of benzene rings is 2. The highest BCUT2D eigenvalue weighted by atomic mass is 19.2. The monoisotopic (exact) mass is 538 g/mol. The van der Waals surface area contributed by atoms with Crippen molar-refractivity contribution in [2.75, 3.05) is 33.4 Å². The van der Waals surface area contributed by atoms with Crippen molar-refractivity contribution in [3.8, 4) is 11.5 Å². The predicted octanol–water partition coefficient (Wildman–Crippen LogP) is 5.84. The number of carboxylic acid groups (broad SMARTS) is 1. The molecule has 3 aromatic rings. The van der Waals surface area contributed by atoms with Gasteiger partial charge in [-0.05, 0) is 57.0 Å². The normalized spacial score (nSPS) is 16.4. The molecule has 1 aromatic heterocycles. The number of rotatable bonds is 10. The first-order valence-electron chi connectivity index (χ1n) is 12.1. The summed E-state index contributed by atoms with van der Waals surface area (Å²) in [7, 11) is 1.44. The van der Waals surface area contributed by atoms with Crippen molar-refractivity contribution < 1.29 is 41.3 Å². The summed E-state index contributed by atoms with van der Waals surface area (Å²) in [5.41, 5.74) is -0.976. The first-order valence-corrected chi connectivity index (χ1v) is 12.1. The lowest BCUT2D eigenvalue weighted by Crippen LogP contribution is -2.45. The maximum atomic E-state index is 15.4. The molecule has 0 bridgehead atoms. The summed E-state index contributed by atoms with van der Waals surface area (Å²) >= 11 is 0. The minimum atomic E-state index is -1.75. The zero-order valence-corrected chi connectivity index (χ0v) is 20.7. The van der Waals surface area contributed by atoms with Gasteiger partial charge in [-0.15, -0.1) is 0 Å². The summed E-state index contributed by atoms with van der Waals surface area (Å²) in [6, 6.07) is 5.91. The molecule has 1 aliphatic heterocycles. The molecule has 0 spiro atoms. The lowest BCUT2D eigenvalue weighted by Gasteiger charge is -2.39. The highest BCUT2D eigenvalue weighted by molar-refractivity contribution is 5.84. The van der Waals surface area contributed by atoms with Crippen LogP contribution >= 0.6 is 0 Å². The van der Waals surface area contributed by atoms with Crippen molar-refractivity contribution in [1.82, 2.24) is 9.88 Å². The molecule has 1 N–H and O–H groups in total. The smallest absolute Gasteiger partial charge is 0.309 e. The Morgan fingerprint density at radius 3 is 2.55 bits per heavy atom. The molecule has 38 heavy (non-hydrogen) atoms. The highest BCUT2D eigenvalue weighted by Gasteiger charge is 2.42. The molecule has 204 valence electrons. The second-order valence-electron chi connectivity index (χ2n) is 9.38. The molecule has 2 heterocycles. The van der Waals surface area contributed by atoms with Crippen LogP contribution in [0.2, 0.25) is 0 Å². The molecule has 1 saturated heterocycles. The average Bonchev–Trinajstić information content (AvgIpc) is 2.90. The number of fused-ring (bicyclic) bond motifs is 1. The number of aliphatic carboxylic acids is 1. The van der Waals surface area contributed by atoms with Crippen LogP contribution in [0, 0.1) is 28.7 Å². The number of pyridine rings is 1. The van der Waals surface area contributed by atoms with E-state index in [1.54, 1.807) is 12.1 Å². The van der Waals surface area contributed by atoms with E-state index in [0.29, 0.717) is 30.4 Å². The Labute approximate surface area is 216 Å². The summed E-state index contributed by atoms with van der Waals surface area (Å²) in [6.45, 7) is 0.895. The number of carboxylic acids is 1. The number of aromatic nitrogens is 1. The number of halogens is 5. The summed E-state index contributed by atoms with van der Waals surface area (Å²) in [6.07, 6.45) is -0.579. The third kappa shape index (κ3) is 5.82. The number of piperidine rings is 1. The topological polar surface area (TPSA) is 71.9 Å². The molecule has 6 nitrogen and oxygen atoms in total. The Hall–Kier alpha value is -3.47. The van der Waals surface area contributed by atoms with Crippen LogP contribution in [0.5, 0.6) is 11.5 Å². The third-order valence-corrected chi connectivity index (χ3v) is 7.15. The number of ether oxygens (including phenoxy) is 2. The molecule has 1 aliphatic rings. The molecule has 1 atom stereocenters. The van der Waals surface area contributed by atoms with Gasteiger partial charge in [0.2, 0.25) is 5.82 Å². The number of methoxy groups -OCH3 is 1. The molecule has 0 aliphatic carbocycles. The van der Waals surface area contributed by atoms with E-state index >= 15 is 4.39 Å². The number of hydrogen-bond acceptors (Lipinski definition) is 5. The lowest BCUT2D eigenvalue weighted by atomic mass is 9.74. The van der Waals surface area contributed by atoms with Gasteiger partial charge in [-0.1, -0.05) is 0 Å². The Balaban J connectivity index is 1.37. The van der Waals surface area contributed by atoms with E-state index < -0.39 is 46.6 Å². The molecule has 11 heteroatoms. The third-order valence-electron chi connectivity index (χ3n) is 7.15. The lowest BCUT2D eigenvalue weighted by molar-refractivity contribution is -0.153. The number of alkyl halides is 1. The fourth-order valence-electron chi connectivity index (χ4n) is 4.86. The number of carbonyl (C=O) groups is 1. The maximum Gasteiger partial charge on any atom is 0.309 e. The van der Waals surface area contributed by atoms with Gasteiger partial charge in [0.15, 0.2) is 11.6 Å². The summed E-state index contributed by atoms with van der Waals surface area (Å²) in [5, 5.41) is 10.3. The molecule has 0 saturated carbocycles. The Morgan fingerprint density at radius 1 is 1.13 bits per heavy atom. The number of likely N-dealkylation sites (tertiary alicyclic amines) is 1. The first-order chi connectivity index (χ1) is 18.1. The first kappa shape index (κ1) is 27.6. The van der Waals surface area contributed by atoms with E-state index in [0.717, 1.165) is 12.3 Å². The van der Waals surface area contributed by atoms with Crippen molar-refractivity contribution in [2.45, 2.75) is 31.9 Å². The van der Waals surface area contributed by atoms with E-state index in [4.69, 9.17) is 9.47 Å². The minimum Gasteiger partial charge on any atom is -0.497 e. The van der Waals surface area contributed by atoms with Crippen LogP contribution in [-0.2, 0) is 4.79 Å². The van der Waals surface area contributed by atoms with Crippen LogP contribution in [0.3, 0.4) is 0 Å². The molecule has 0 radical (unpaired) electrons. The van der Waals surface area contributed by atoms with Crippen LogP contribution in [-0.4, -0.2) is 54.3 Å². The Bertz CT molecular complexity index is 1310. The maximum absolute atomic E-state index is 15.4. The van der Waals surface area contributed by atoms with Crippen LogP contribution in [0.15, 0.2) is 36.5 Å². The van der Waals surface area contributed by atoms with Gasteiger partial charge < -0.3 is 14.6 Å². The SMILES string of the molecule is COc1ccc2ncc(F)c(C(F)CCC3(C(=O)O)CCN(CCOc4cc(F)cc(F)c4F)CC3)c2c1. The van der Waals surface area contributed by atoms with Gasteiger partial charge in [-0.25, -0.2) is 17.6 Å². The Morgan fingerprint density at radius 2 is 1.87 bits per heavy atom. The zero-order valence-electron chi connectivity index (χ0n) is 20.7. The van der Waals surface area contributed by atoms with Crippen LogP contribution in [0.25, 0.3) is 10.9 Å². The van der Waals surface area contributed by atoms with Crippen LogP contribution in [0.4, 0.5) is 22.0 Å². The summed E-state index contributed by atoms with van der Waals surface area (Å²) in [4.78, 5) is 18.1. The van der Waals surface area contributed by atoms with Crippen molar-refractivity contribution >= 4 is 16.9 Å². The standard InChI is InChI=1S/C27H27F5N2O4/c1-37-17-2-3-22-18(14-17)24(21(31)15-33-22)19(29)4-5-27(26(35)36)6-8-34(9-7-27)10-11-38-23-13-16(28)12-20(30)25(23)32/h2-3,12-15,19H,4-11H2,1H3,(H,35,36). The predicted molar refractivity (Wildman–Crippen MR) is 129 cm³/mol. The molecular formula is C27H27F5N2O4. The molecule has 1 fully saturated rings. The van der Waals surface area contributed by atoms with Crippen molar-refractivity contribution in [3.05, 3.63) is 65.4 Å². The van der Waals surface area contributed by atoms with E-state index in [1.165, 1.54) is 13.2 Å². The van der Waals surface area contributed by atoms with E-state index in [2.05, 4.69) is 4.98 Å². The Kier molecular flexibility index (Phi) is 8.35. The average molecular weight is 539 g/mol. The summed E-state index contributed by atoms with van der Waals surface area (Å²) < 4.78 is 80.8. The zero-order chi connectivity index (χ0) is 27.4. The van der Waals surface area contributed by atoms with Crippen LogP contribution in [0.1, 0.15) is 37.4 Å². The fraction of sp³-hybridized carbons (Fsp3) is 0.407. The number of nitrogens with zero attached hydrogens (tertiary/aromatic N) is 2. The summed E-state index contributed by atoms with van der Waals surface area (Å²) in [5.74, 6) is -5.59. The molecule has 2 aromatic carbocycles. The quantitative estimate of drug-likeness (QED) is 0.259. The van der Waals surface area contributed by atoms with Gasteiger partial charge in [0.1, 0.15) is 30.2 Å². The van der Waals surface area contributed by atoms with Gasteiger partial charge in [-0.2, -0.15) is 4.39 Å². The van der Waals surface area contributed by atoms with Crippen molar-refractivity contribution in [1.29, 1.82) is 0 Å². The van der Waals surface area contributed by atoms with E-state index in [-0.39, 0.29) is 49.8 Å². The molecule has 4 rings (SSSR count). The largest absolute Gasteiger partial charge is 0.497 e. The van der Waals surface area contributed by atoms with Crippen molar-refractivity contribution in [3.63, 3.8) is 0 Å². The minimum absolute atomic E-state index is 0.00511. The van der Waals surface area contributed by atoms with Gasteiger partial charge in [-0.3, -0.25) is 14.7 Å². The molecule has 1 unspecified atom stereocenters. The molecular weight excluding hydrogens is 511 g/mol. The highest BCUT2D eigenvalue weighted by Crippen LogP contribution is 2.41. The van der Waals surface area contributed by atoms with E-state index in [1.807, 2.05) is 4.90 Å². The molecule has 0 amide bonds. The van der Waals surface area contributed by atoms with Gasteiger partial charge >= 0.3 is 5.97 Å². The van der Waals surface area contributed by atoms with Crippen LogP contribution < -0.4 is 9.47 Å². The van der Waals surface area contributed by atoms with Gasteiger partial charge in [0.05, 0.1) is 24.2 Å². The van der Waals surface area contributed by atoms with Gasteiger partial charge in [0, 0.05) is 29.6 Å².